The highest BCUT2D eigenvalue weighted by molar-refractivity contribution is 6.02. The SMILES string of the molecule is COc1ccc(C(F)(F)F)cc1NC(=O)Nc1c(F)cccc1/C=C\C(=O)O. The van der Waals surface area contributed by atoms with Crippen LogP contribution in [-0.2, 0) is 11.0 Å². The predicted molar refractivity (Wildman–Crippen MR) is 93.7 cm³/mol. The van der Waals surface area contributed by atoms with Crippen LogP contribution >= 0.6 is 0 Å². The summed E-state index contributed by atoms with van der Waals surface area (Å²) >= 11 is 0. The largest absolute Gasteiger partial charge is 0.495 e. The number of hydrogen-bond acceptors (Lipinski definition) is 3. The lowest BCUT2D eigenvalue weighted by Gasteiger charge is -2.15. The molecule has 0 heterocycles. The maximum atomic E-state index is 14.0. The Morgan fingerprint density at radius 3 is 2.46 bits per heavy atom. The van der Waals surface area contributed by atoms with Gasteiger partial charge in [-0.3, -0.25) is 0 Å². The lowest BCUT2D eigenvalue weighted by Crippen LogP contribution is -2.21. The van der Waals surface area contributed by atoms with E-state index in [-0.39, 0.29) is 22.7 Å². The first kappa shape index (κ1) is 20.7. The molecule has 28 heavy (non-hydrogen) atoms. The molecule has 0 unspecified atom stereocenters. The Kier molecular flexibility index (Phi) is 6.24. The van der Waals surface area contributed by atoms with Crippen molar-refractivity contribution in [3.63, 3.8) is 0 Å². The molecule has 148 valence electrons. The van der Waals surface area contributed by atoms with Crippen molar-refractivity contribution in [2.75, 3.05) is 17.7 Å². The summed E-state index contributed by atoms with van der Waals surface area (Å²) in [5, 5.41) is 13.0. The topological polar surface area (TPSA) is 87.7 Å². The molecule has 0 aromatic heterocycles. The van der Waals surface area contributed by atoms with Gasteiger partial charge in [0.15, 0.2) is 0 Å². The molecule has 0 aliphatic carbocycles. The van der Waals surface area contributed by atoms with Crippen molar-refractivity contribution in [2.45, 2.75) is 6.18 Å². The Balaban J connectivity index is 2.29. The molecule has 0 saturated carbocycles. The first-order valence-electron chi connectivity index (χ1n) is 7.64. The van der Waals surface area contributed by atoms with Crippen molar-refractivity contribution in [3.8, 4) is 5.75 Å². The molecular weight excluding hydrogens is 384 g/mol. The normalized spacial score (nSPS) is 11.3. The predicted octanol–water partition coefficient (Wildman–Crippen LogP) is 4.59. The van der Waals surface area contributed by atoms with Crippen LogP contribution in [0, 0.1) is 5.82 Å². The number of methoxy groups -OCH3 is 1. The molecular formula is C18H14F4N2O4. The van der Waals surface area contributed by atoms with Crippen molar-refractivity contribution in [1.82, 2.24) is 0 Å². The number of anilines is 2. The molecule has 2 aromatic carbocycles. The van der Waals surface area contributed by atoms with E-state index in [9.17, 15) is 27.2 Å². The van der Waals surface area contributed by atoms with Crippen LogP contribution in [0.1, 0.15) is 11.1 Å². The standard InChI is InChI=1S/C18H14F4N2O4/c1-28-14-7-6-11(18(20,21)22)9-13(14)23-17(27)24-16-10(5-8-15(25)26)3-2-4-12(16)19/h2-9H,1H3,(H,25,26)(H2,23,24,27)/b8-5-. The number of nitrogens with one attached hydrogen (secondary N) is 2. The summed E-state index contributed by atoms with van der Waals surface area (Å²) < 4.78 is 57.6. The van der Waals surface area contributed by atoms with Crippen LogP contribution in [0.5, 0.6) is 5.75 Å². The highest BCUT2D eigenvalue weighted by Gasteiger charge is 2.31. The van der Waals surface area contributed by atoms with E-state index in [1.165, 1.54) is 19.2 Å². The van der Waals surface area contributed by atoms with Gasteiger partial charge in [-0.25, -0.2) is 14.0 Å². The molecule has 6 nitrogen and oxygen atoms in total. The van der Waals surface area contributed by atoms with Gasteiger partial charge < -0.3 is 20.5 Å². The number of carbonyl (C=O) groups is 2. The molecule has 0 aliphatic rings. The minimum atomic E-state index is -4.64. The van der Waals surface area contributed by atoms with Crippen LogP contribution in [0.4, 0.5) is 33.7 Å². The number of urea groups is 1. The van der Waals surface area contributed by atoms with Crippen molar-refractivity contribution in [2.24, 2.45) is 0 Å². The number of alkyl halides is 3. The average molecular weight is 398 g/mol. The maximum Gasteiger partial charge on any atom is 0.416 e. The number of halogens is 4. The monoisotopic (exact) mass is 398 g/mol. The minimum absolute atomic E-state index is 0.0392. The maximum absolute atomic E-state index is 14.0. The quantitative estimate of drug-likeness (QED) is 0.508. The zero-order valence-electron chi connectivity index (χ0n) is 14.3. The number of rotatable bonds is 5. The highest BCUT2D eigenvalue weighted by Crippen LogP contribution is 2.35. The van der Waals surface area contributed by atoms with Gasteiger partial charge in [-0.05, 0) is 30.3 Å². The van der Waals surface area contributed by atoms with Crippen LogP contribution in [0.2, 0.25) is 0 Å². The molecule has 0 spiro atoms. The van der Waals surface area contributed by atoms with Gasteiger partial charge in [0.2, 0.25) is 0 Å². The Morgan fingerprint density at radius 2 is 1.86 bits per heavy atom. The van der Waals surface area contributed by atoms with E-state index in [1.54, 1.807) is 0 Å². The lowest BCUT2D eigenvalue weighted by molar-refractivity contribution is -0.137. The summed E-state index contributed by atoms with van der Waals surface area (Å²) in [4.78, 5) is 22.8. The molecule has 0 atom stereocenters. The molecule has 2 amide bonds. The number of amides is 2. The fraction of sp³-hybridized carbons (Fsp3) is 0.111. The second kappa shape index (κ2) is 8.42. The van der Waals surface area contributed by atoms with Crippen molar-refractivity contribution in [3.05, 3.63) is 59.4 Å². The third-order valence-electron chi connectivity index (χ3n) is 3.46. The summed E-state index contributed by atoms with van der Waals surface area (Å²) in [6, 6.07) is 5.12. The number of aliphatic carboxylic acids is 1. The minimum Gasteiger partial charge on any atom is -0.495 e. The van der Waals surface area contributed by atoms with Crippen molar-refractivity contribution >= 4 is 29.5 Å². The Hall–Kier alpha value is -3.56. The van der Waals surface area contributed by atoms with E-state index in [0.717, 1.165) is 30.4 Å². The van der Waals surface area contributed by atoms with Crippen LogP contribution in [-0.4, -0.2) is 24.2 Å². The molecule has 0 aliphatic heterocycles. The third-order valence-corrected chi connectivity index (χ3v) is 3.46. The van der Waals surface area contributed by atoms with Gasteiger partial charge in [0, 0.05) is 11.6 Å². The number of benzene rings is 2. The molecule has 0 radical (unpaired) electrons. The Morgan fingerprint density at radius 1 is 1.14 bits per heavy atom. The van der Waals surface area contributed by atoms with E-state index >= 15 is 0 Å². The van der Waals surface area contributed by atoms with Gasteiger partial charge in [0.05, 0.1) is 24.0 Å². The van der Waals surface area contributed by atoms with Gasteiger partial charge in [0.1, 0.15) is 11.6 Å². The van der Waals surface area contributed by atoms with E-state index in [2.05, 4.69) is 10.6 Å². The van der Waals surface area contributed by atoms with Gasteiger partial charge >= 0.3 is 18.2 Å². The summed E-state index contributed by atoms with van der Waals surface area (Å²) in [6.07, 6.45) is -2.83. The third kappa shape index (κ3) is 5.22. The fourth-order valence-corrected chi connectivity index (χ4v) is 2.22. The van der Waals surface area contributed by atoms with E-state index in [1.807, 2.05) is 0 Å². The van der Waals surface area contributed by atoms with E-state index in [0.29, 0.717) is 6.07 Å². The van der Waals surface area contributed by atoms with E-state index in [4.69, 9.17) is 9.84 Å². The smallest absolute Gasteiger partial charge is 0.416 e. The Bertz CT molecular complexity index is 926. The fourth-order valence-electron chi connectivity index (χ4n) is 2.22. The van der Waals surface area contributed by atoms with Crippen LogP contribution < -0.4 is 15.4 Å². The number of carboxylic acids is 1. The van der Waals surface area contributed by atoms with Crippen LogP contribution in [0.15, 0.2) is 42.5 Å². The second-order valence-electron chi connectivity index (χ2n) is 5.37. The second-order valence-corrected chi connectivity index (χ2v) is 5.37. The molecule has 2 aromatic rings. The van der Waals surface area contributed by atoms with Gasteiger partial charge in [-0.15, -0.1) is 0 Å². The van der Waals surface area contributed by atoms with Crippen LogP contribution in [0.25, 0.3) is 6.08 Å². The van der Waals surface area contributed by atoms with Crippen LogP contribution in [0.3, 0.4) is 0 Å². The molecule has 3 N–H and O–H groups in total. The molecule has 0 bridgehead atoms. The summed E-state index contributed by atoms with van der Waals surface area (Å²) in [5.74, 6) is -2.19. The zero-order valence-corrected chi connectivity index (χ0v) is 14.3. The van der Waals surface area contributed by atoms with Gasteiger partial charge in [-0.1, -0.05) is 12.1 Å². The molecule has 10 heteroatoms. The number of carbonyl (C=O) groups excluding carboxylic acids is 1. The zero-order chi connectivity index (χ0) is 20.9. The number of ether oxygens (including phenoxy) is 1. The van der Waals surface area contributed by atoms with E-state index < -0.39 is 29.6 Å². The first-order valence-corrected chi connectivity index (χ1v) is 7.64. The Labute approximate surface area is 156 Å². The first-order chi connectivity index (χ1) is 13.1. The number of carboxylic acid groups (broad SMARTS) is 1. The number of hydrogen-bond donors (Lipinski definition) is 3. The molecule has 0 saturated heterocycles. The van der Waals surface area contributed by atoms with Gasteiger partial charge in [0.25, 0.3) is 0 Å². The summed E-state index contributed by atoms with van der Waals surface area (Å²) in [6.45, 7) is 0. The molecule has 0 fully saturated rings. The number of para-hydroxylation sites is 1. The summed E-state index contributed by atoms with van der Waals surface area (Å²) in [5.41, 5.74) is -1.59. The van der Waals surface area contributed by atoms with Crippen molar-refractivity contribution < 1.29 is 37.0 Å². The highest BCUT2D eigenvalue weighted by atomic mass is 19.4. The van der Waals surface area contributed by atoms with Crippen molar-refractivity contribution in [1.29, 1.82) is 0 Å². The lowest BCUT2D eigenvalue weighted by atomic mass is 10.1. The average Bonchev–Trinajstić information content (AvgIpc) is 2.61. The molecule has 2 rings (SSSR count). The van der Waals surface area contributed by atoms with Gasteiger partial charge in [-0.2, -0.15) is 13.2 Å². The summed E-state index contributed by atoms with van der Waals surface area (Å²) in [7, 11) is 1.21.